The smallest absolute Gasteiger partial charge is 0.261 e. The van der Waals surface area contributed by atoms with E-state index in [1.807, 2.05) is 6.92 Å². The molecular formula is C13H20F2N2O3S. The summed E-state index contributed by atoms with van der Waals surface area (Å²) in [5.41, 5.74) is 0.653. The zero-order valence-electron chi connectivity index (χ0n) is 11.8. The minimum absolute atomic E-state index is 0.0510. The van der Waals surface area contributed by atoms with Crippen LogP contribution in [-0.4, -0.2) is 41.1 Å². The molecule has 0 bridgehead atoms. The van der Waals surface area contributed by atoms with Gasteiger partial charge in [0, 0.05) is 13.1 Å². The summed E-state index contributed by atoms with van der Waals surface area (Å²) in [6.07, 6.45) is -2.55. The molecule has 0 aliphatic heterocycles. The number of hydrogen-bond donors (Lipinski definition) is 2. The Morgan fingerprint density at radius 2 is 2.00 bits per heavy atom. The molecule has 1 aromatic carbocycles. The van der Waals surface area contributed by atoms with Crippen LogP contribution in [0, 0.1) is 0 Å². The van der Waals surface area contributed by atoms with Crippen LogP contribution in [0.3, 0.4) is 0 Å². The highest BCUT2D eigenvalue weighted by molar-refractivity contribution is 7.89. The van der Waals surface area contributed by atoms with Crippen LogP contribution in [0.2, 0.25) is 0 Å². The van der Waals surface area contributed by atoms with Crippen LogP contribution < -0.4 is 10.0 Å². The van der Waals surface area contributed by atoms with E-state index < -0.39 is 23.1 Å². The Hall–Kier alpha value is -1.09. The Bertz CT molecular complexity index is 524. The molecule has 0 saturated carbocycles. The van der Waals surface area contributed by atoms with Crippen LogP contribution in [0.15, 0.2) is 29.2 Å². The molecule has 5 nitrogen and oxygen atoms in total. The minimum atomic E-state index is -3.68. The highest BCUT2D eigenvalue weighted by Gasteiger charge is 2.17. The molecule has 1 rings (SSSR count). The molecule has 2 N–H and O–H groups in total. The number of benzene rings is 1. The highest BCUT2D eigenvalue weighted by atomic mass is 32.2. The van der Waals surface area contributed by atoms with E-state index in [2.05, 4.69) is 14.8 Å². The fraction of sp³-hybridized carbons (Fsp3) is 0.538. The lowest BCUT2D eigenvalue weighted by Crippen LogP contribution is -2.29. The first-order valence-electron chi connectivity index (χ1n) is 6.61. The van der Waals surface area contributed by atoms with Crippen molar-refractivity contribution in [3.63, 3.8) is 0 Å². The fourth-order valence-corrected chi connectivity index (χ4v) is 2.92. The van der Waals surface area contributed by atoms with Crippen molar-refractivity contribution in [2.45, 2.75) is 24.8 Å². The van der Waals surface area contributed by atoms with Crippen LogP contribution in [0.25, 0.3) is 0 Å². The van der Waals surface area contributed by atoms with Gasteiger partial charge in [0.05, 0.1) is 11.5 Å². The largest absolute Gasteiger partial charge is 0.374 e. The van der Waals surface area contributed by atoms with Crippen molar-refractivity contribution in [2.75, 3.05) is 26.3 Å². The van der Waals surface area contributed by atoms with Crippen molar-refractivity contribution < 1.29 is 21.9 Å². The normalized spacial score (nSPS) is 12.0. The standard InChI is InChI=1S/C13H20F2N2O3S/c1-2-16-9-11-5-3-4-6-12(11)21(18,19)17-7-8-20-10-13(14)15/h3-6,13,16-17H,2,7-10H2,1H3. The molecule has 0 amide bonds. The van der Waals surface area contributed by atoms with Crippen LogP contribution in [0.5, 0.6) is 0 Å². The average molecular weight is 322 g/mol. The van der Waals surface area contributed by atoms with Gasteiger partial charge >= 0.3 is 0 Å². The third-order valence-corrected chi connectivity index (χ3v) is 4.17. The molecular weight excluding hydrogens is 302 g/mol. The first-order valence-corrected chi connectivity index (χ1v) is 8.10. The number of hydrogen-bond acceptors (Lipinski definition) is 4. The van der Waals surface area contributed by atoms with Gasteiger partial charge in [-0.1, -0.05) is 25.1 Å². The number of rotatable bonds is 10. The maximum atomic E-state index is 12.2. The quantitative estimate of drug-likeness (QED) is 0.638. The Labute approximate surface area is 123 Å². The first kappa shape index (κ1) is 18.0. The molecule has 0 saturated heterocycles. The van der Waals surface area contributed by atoms with Crippen LogP contribution in [-0.2, 0) is 21.3 Å². The van der Waals surface area contributed by atoms with Crippen molar-refractivity contribution in [1.82, 2.24) is 10.0 Å². The number of alkyl halides is 2. The van der Waals surface area contributed by atoms with Crippen molar-refractivity contribution in [3.8, 4) is 0 Å². The SMILES string of the molecule is CCNCc1ccccc1S(=O)(=O)NCCOCC(F)F. The van der Waals surface area contributed by atoms with E-state index in [4.69, 9.17) is 0 Å². The van der Waals surface area contributed by atoms with Crippen LogP contribution in [0.1, 0.15) is 12.5 Å². The van der Waals surface area contributed by atoms with Gasteiger partial charge in [-0.25, -0.2) is 21.9 Å². The van der Waals surface area contributed by atoms with Gasteiger partial charge in [-0.2, -0.15) is 0 Å². The van der Waals surface area contributed by atoms with Gasteiger partial charge in [-0.15, -0.1) is 0 Å². The molecule has 0 heterocycles. The predicted octanol–water partition coefficient (Wildman–Crippen LogP) is 1.36. The monoisotopic (exact) mass is 322 g/mol. The summed E-state index contributed by atoms with van der Waals surface area (Å²) in [4.78, 5) is 0.180. The van der Waals surface area contributed by atoms with E-state index >= 15 is 0 Å². The lowest BCUT2D eigenvalue weighted by molar-refractivity contribution is 0.0199. The van der Waals surface area contributed by atoms with E-state index in [0.717, 1.165) is 6.54 Å². The third-order valence-electron chi connectivity index (χ3n) is 2.61. The Morgan fingerprint density at radius 1 is 1.29 bits per heavy atom. The summed E-state index contributed by atoms with van der Waals surface area (Å²) in [5.74, 6) is 0. The number of ether oxygens (including phenoxy) is 1. The van der Waals surface area contributed by atoms with E-state index in [0.29, 0.717) is 12.1 Å². The summed E-state index contributed by atoms with van der Waals surface area (Å²) >= 11 is 0. The highest BCUT2D eigenvalue weighted by Crippen LogP contribution is 2.14. The molecule has 120 valence electrons. The number of sulfonamides is 1. The van der Waals surface area contributed by atoms with E-state index in [1.54, 1.807) is 18.2 Å². The second-order valence-corrected chi connectivity index (χ2v) is 5.99. The average Bonchev–Trinajstić information content (AvgIpc) is 2.44. The first-order chi connectivity index (χ1) is 9.97. The third kappa shape index (κ3) is 6.47. The van der Waals surface area contributed by atoms with Gasteiger partial charge in [0.2, 0.25) is 10.0 Å². The number of halogens is 2. The predicted molar refractivity (Wildman–Crippen MR) is 75.8 cm³/mol. The van der Waals surface area contributed by atoms with Gasteiger partial charge in [-0.3, -0.25) is 0 Å². The zero-order valence-corrected chi connectivity index (χ0v) is 12.6. The maximum absolute atomic E-state index is 12.2. The summed E-state index contributed by atoms with van der Waals surface area (Å²) in [7, 11) is -3.68. The lowest BCUT2D eigenvalue weighted by Gasteiger charge is -2.12. The van der Waals surface area contributed by atoms with Crippen LogP contribution >= 0.6 is 0 Å². The Balaban J connectivity index is 2.61. The second-order valence-electron chi connectivity index (χ2n) is 4.25. The molecule has 8 heteroatoms. The Kier molecular flexibility index (Phi) is 7.73. The van der Waals surface area contributed by atoms with Gasteiger partial charge in [0.1, 0.15) is 6.61 Å². The van der Waals surface area contributed by atoms with Crippen molar-refractivity contribution in [1.29, 1.82) is 0 Å². The molecule has 0 fully saturated rings. The number of nitrogens with one attached hydrogen (secondary N) is 2. The van der Waals surface area contributed by atoms with Crippen LogP contribution in [0.4, 0.5) is 8.78 Å². The van der Waals surface area contributed by atoms with Crippen molar-refractivity contribution in [2.24, 2.45) is 0 Å². The molecule has 0 spiro atoms. The summed E-state index contributed by atoms with van der Waals surface area (Å²) in [6.45, 7) is 2.25. The molecule has 0 aliphatic carbocycles. The maximum Gasteiger partial charge on any atom is 0.261 e. The molecule has 0 unspecified atom stereocenters. The summed E-state index contributed by atoms with van der Waals surface area (Å²) < 4.78 is 55.0. The topological polar surface area (TPSA) is 67.4 Å². The zero-order chi connectivity index (χ0) is 15.7. The van der Waals surface area contributed by atoms with Gasteiger partial charge in [-0.05, 0) is 18.2 Å². The van der Waals surface area contributed by atoms with Gasteiger partial charge in [0.25, 0.3) is 6.43 Å². The summed E-state index contributed by atoms with van der Waals surface area (Å²) in [6, 6.07) is 6.63. The van der Waals surface area contributed by atoms with Crippen molar-refractivity contribution in [3.05, 3.63) is 29.8 Å². The molecule has 0 aromatic heterocycles. The van der Waals surface area contributed by atoms with E-state index in [1.165, 1.54) is 6.07 Å². The Morgan fingerprint density at radius 3 is 2.67 bits per heavy atom. The van der Waals surface area contributed by atoms with E-state index in [9.17, 15) is 17.2 Å². The summed E-state index contributed by atoms with van der Waals surface area (Å²) in [5, 5.41) is 3.07. The fourth-order valence-electron chi connectivity index (χ4n) is 1.67. The molecule has 1 aromatic rings. The van der Waals surface area contributed by atoms with Gasteiger partial charge < -0.3 is 10.1 Å². The minimum Gasteiger partial charge on any atom is -0.374 e. The molecule has 0 radical (unpaired) electrons. The molecule has 0 aliphatic rings. The molecule has 21 heavy (non-hydrogen) atoms. The van der Waals surface area contributed by atoms with E-state index in [-0.39, 0.29) is 18.0 Å². The lowest BCUT2D eigenvalue weighted by atomic mass is 10.2. The van der Waals surface area contributed by atoms with Gasteiger partial charge in [0.15, 0.2) is 0 Å². The van der Waals surface area contributed by atoms with Crippen molar-refractivity contribution >= 4 is 10.0 Å². The second kappa shape index (κ2) is 9.04. The molecule has 0 atom stereocenters.